The summed E-state index contributed by atoms with van der Waals surface area (Å²) in [5.74, 6) is -5.28. The van der Waals surface area contributed by atoms with E-state index in [9.17, 15) is 28.8 Å². The molecule has 0 spiro atoms. The van der Waals surface area contributed by atoms with Crippen LogP contribution >= 0.6 is 0 Å². The van der Waals surface area contributed by atoms with Crippen molar-refractivity contribution in [3.8, 4) is 0 Å². The number of carbonyl (C=O) groups excluding carboxylic acids is 6. The molecular weight excluding hydrogens is 592 g/mol. The first-order valence-electron chi connectivity index (χ1n) is 15.2. The summed E-state index contributed by atoms with van der Waals surface area (Å²) in [6, 6.07) is 12.5. The number of ketones is 1. The number of nitrogens with one attached hydrogen (secondary N) is 3. The zero-order valence-corrected chi connectivity index (χ0v) is 26.6. The van der Waals surface area contributed by atoms with Crippen LogP contribution in [0.15, 0.2) is 60.7 Å². The van der Waals surface area contributed by atoms with Crippen LogP contribution in [0.4, 0.5) is 0 Å². The maximum atomic E-state index is 13.8. The highest BCUT2D eigenvalue weighted by atomic mass is 16.6. The Hall–Kier alpha value is -4.62. The van der Waals surface area contributed by atoms with E-state index in [1.165, 1.54) is 0 Å². The van der Waals surface area contributed by atoms with Crippen molar-refractivity contribution in [3.05, 3.63) is 71.8 Å². The normalized spacial score (nSPS) is 13.8. The monoisotopic (exact) mass is 638 g/mol. The molecular formula is C33H46N6O7. The van der Waals surface area contributed by atoms with Gasteiger partial charge >= 0.3 is 5.97 Å². The van der Waals surface area contributed by atoms with Gasteiger partial charge in [0, 0.05) is 12.8 Å². The Morgan fingerprint density at radius 3 is 1.70 bits per heavy atom. The predicted molar refractivity (Wildman–Crippen MR) is 172 cm³/mol. The zero-order valence-electron chi connectivity index (χ0n) is 26.6. The first-order chi connectivity index (χ1) is 21.7. The highest BCUT2D eigenvalue weighted by Gasteiger charge is 2.34. The van der Waals surface area contributed by atoms with Crippen molar-refractivity contribution >= 4 is 35.4 Å². The van der Waals surface area contributed by atoms with Gasteiger partial charge in [-0.2, -0.15) is 0 Å². The second-order valence-corrected chi connectivity index (χ2v) is 12.0. The minimum atomic E-state index is -1.43. The van der Waals surface area contributed by atoms with Gasteiger partial charge in [-0.25, -0.2) is 4.79 Å². The fourth-order valence-corrected chi connectivity index (χ4v) is 4.46. The van der Waals surface area contributed by atoms with E-state index in [4.69, 9.17) is 21.9 Å². The number of rotatable bonds is 18. The number of primary amides is 1. The van der Waals surface area contributed by atoms with E-state index < -0.39 is 71.6 Å². The molecule has 0 aliphatic rings. The van der Waals surface area contributed by atoms with Gasteiger partial charge in [0.05, 0.1) is 12.5 Å². The van der Waals surface area contributed by atoms with Gasteiger partial charge in [-0.05, 0) is 51.3 Å². The van der Waals surface area contributed by atoms with E-state index in [0.717, 1.165) is 0 Å². The lowest BCUT2D eigenvalue weighted by Gasteiger charge is -2.26. The second kappa shape index (κ2) is 18.4. The van der Waals surface area contributed by atoms with Crippen molar-refractivity contribution in [3.63, 3.8) is 0 Å². The molecule has 13 heteroatoms. The van der Waals surface area contributed by atoms with Crippen LogP contribution in [0.3, 0.4) is 0 Å². The molecule has 13 nitrogen and oxygen atoms in total. The molecule has 9 N–H and O–H groups in total. The van der Waals surface area contributed by atoms with Gasteiger partial charge < -0.3 is 37.9 Å². The van der Waals surface area contributed by atoms with Crippen LogP contribution in [-0.4, -0.2) is 71.7 Å². The fraction of sp³-hybridized carbons (Fsp3) is 0.455. The fourth-order valence-electron chi connectivity index (χ4n) is 4.46. The summed E-state index contributed by atoms with van der Waals surface area (Å²) in [6.07, 6.45) is 0.946. The highest BCUT2D eigenvalue weighted by Crippen LogP contribution is 2.12. The molecule has 0 aliphatic heterocycles. The summed E-state index contributed by atoms with van der Waals surface area (Å²) < 4.78 is 5.27. The standard InChI is InChI=1S/C33H46N6O7/c1-33(2,3)46-32(45)28(41)24(18-21-12-6-4-7-13-21)37-30(43)25(19-22-14-8-5-9-15-22)39-31(44)26(20-27(36)40)38-29(42)23(35)16-10-11-17-34/h4-9,12-15,23-26H,10-11,16-20,34-35H2,1-3H3,(H2,36,40)(H,37,43)(H,38,42)(H,39,44)/t23-,24-,25?,26-/m0/s1. The Labute approximate surface area is 269 Å². The predicted octanol–water partition coefficient (Wildman–Crippen LogP) is 0.169. The van der Waals surface area contributed by atoms with Crippen LogP contribution in [-0.2, 0) is 46.3 Å². The number of esters is 1. The second-order valence-electron chi connectivity index (χ2n) is 12.0. The lowest BCUT2D eigenvalue weighted by Crippen LogP contribution is -2.58. The van der Waals surface area contributed by atoms with Crippen LogP contribution < -0.4 is 33.2 Å². The van der Waals surface area contributed by atoms with Gasteiger partial charge in [-0.3, -0.25) is 24.0 Å². The van der Waals surface area contributed by atoms with Crippen LogP contribution in [0, 0.1) is 0 Å². The summed E-state index contributed by atoms with van der Waals surface area (Å²) >= 11 is 0. The molecule has 46 heavy (non-hydrogen) atoms. The molecule has 1 unspecified atom stereocenters. The number of hydrogen-bond acceptors (Lipinski definition) is 9. The zero-order chi connectivity index (χ0) is 34.3. The highest BCUT2D eigenvalue weighted by molar-refractivity contribution is 6.36. The Balaban J connectivity index is 2.34. The molecule has 250 valence electrons. The molecule has 4 amide bonds. The molecule has 0 fully saturated rings. The molecule has 2 aromatic rings. The largest absolute Gasteiger partial charge is 0.454 e. The summed E-state index contributed by atoms with van der Waals surface area (Å²) in [6.45, 7) is 5.27. The molecule has 2 aromatic carbocycles. The number of unbranched alkanes of at least 4 members (excludes halogenated alkanes) is 1. The average Bonchev–Trinajstić information content (AvgIpc) is 2.99. The number of amides is 4. The molecule has 4 atom stereocenters. The van der Waals surface area contributed by atoms with E-state index in [-0.39, 0.29) is 12.8 Å². The van der Waals surface area contributed by atoms with Gasteiger partial charge in [0.15, 0.2) is 0 Å². The number of ether oxygens (including phenoxy) is 1. The molecule has 0 bridgehead atoms. The van der Waals surface area contributed by atoms with Crippen molar-refractivity contribution in [1.82, 2.24) is 16.0 Å². The van der Waals surface area contributed by atoms with E-state index in [1.807, 2.05) is 0 Å². The van der Waals surface area contributed by atoms with Crippen molar-refractivity contribution in [2.75, 3.05) is 6.54 Å². The summed E-state index contributed by atoms with van der Waals surface area (Å²) in [5, 5.41) is 7.65. The van der Waals surface area contributed by atoms with E-state index in [0.29, 0.717) is 36.9 Å². The van der Waals surface area contributed by atoms with Crippen molar-refractivity contribution < 1.29 is 33.5 Å². The molecule has 0 aromatic heterocycles. The van der Waals surface area contributed by atoms with Gasteiger partial charge in [0.2, 0.25) is 23.6 Å². The van der Waals surface area contributed by atoms with Crippen LogP contribution in [0.1, 0.15) is 57.6 Å². The Bertz CT molecular complexity index is 1330. The first-order valence-corrected chi connectivity index (χ1v) is 15.2. The van der Waals surface area contributed by atoms with E-state index in [1.54, 1.807) is 81.4 Å². The van der Waals surface area contributed by atoms with Crippen molar-refractivity contribution in [1.29, 1.82) is 0 Å². The third-order valence-electron chi connectivity index (χ3n) is 6.78. The molecule has 0 saturated heterocycles. The smallest absolute Gasteiger partial charge is 0.377 e. The third kappa shape index (κ3) is 13.6. The third-order valence-corrected chi connectivity index (χ3v) is 6.78. The van der Waals surface area contributed by atoms with Gasteiger partial charge in [0.1, 0.15) is 23.7 Å². The Kier molecular flexibility index (Phi) is 15.0. The Morgan fingerprint density at radius 1 is 0.717 bits per heavy atom. The molecule has 0 heterocycles. The first kappa shape index (κ1) is 37.6. The lowest BCUT2D eigenvalue weighted by molar-refractivity contribution is -0.163. The lowest BCUT2D eigenvalue weighted by atomic mass is 10.00. The number of benzene rings is 2. The minimum absolute atomic E-state index is 0.0209. The maximum absolute atomic E-state index is 13.8. The number of hydrogen-bond donors (Lipinski definition) is 6. The maximum Gasteiger partial charge on any atom is 0.377 e. The van der Waals surface area contributed by atoms with Gasteiger partial charge in [-0.1, -0.05) is 67.1 Å². The number of nitrogens with two attached hydrogens (primary N) is 3. The average molecular weight is 639 g/mol. The summed E-state index contributed by atoms with van der Waals surface area (Å²) in [4.78, 5) is 77.8. The van der Waals surface area contributed by atoms with Crippen LogP contribution in [0.25, 0.3) is 0 Å². The SMILES string of the molecule is CC(C)(C)OC(=O)C(=O)[C@H](Cc1ccccc1)NC(=O)C(Cc1ccccc1)NC(=O)[C@H](CC(N)=O)NC(=O)[C@@H](N)CCCCN. The number of carbonyl (C=O) groups is 6. The topological polar surface area (TPSA) is 226 Å². The van der Waals surface area contributed by atoms with Crippen LogP contribution in [0.5, 0.6) is 0 Å². The van der Waals surface area contributed by atoms with E-state index >= 15 is 0 Å². The molecule has 0 saturated carbocycles. The van der Waals surface area contributed by atoms with Gasteiger partial charge in [-0.15, -0.1) is 0 Å². The van der Waals surface area contributed by atoms with Crippen molar-refractivity contribution in [2.45, 2.75) is 89.1 Å². The molecule has 0 radical (unpaired) electrons. The summed E-state index contributed by atoms with van der Waals surface area (Å²) in [7, 11) is 0. The Morgan fingerprint density at radius 2 is 1.20 bits per heavy atom. The van der Waals surface area contributed by atoms with Crippen LogP contribution in [0.2, 0.25) is 0 Å². The summed E-state index contributed by atoms with van der Waals surface area (Å²) in [5.41, 5.74) is 17.2. The minimum Gasteiger partial charge on any atom is -0.454 e. The molecule has 0 aliphatic carbocycles. The van der Waals surface area contributed by atoms with Gasteiger partial charge in [0.25, 0.3) is 5.78 Å². The van der Waals surface area contributed by atoms with E-state index in [2.05, 4.69) is 16.0 Å². The van der Waals surface area contributed by atoms with Crippen molar-refractivity contribution in [2.24, 2.45) is 17.2 Å². The number of Topliss-reactive ketones (excluding diaryl/α,β-unsaturated/α-hetero) is 1. The molecule has 2 rings (SSSR count). The quantitative estimate of drug-likeness (QED) is 0.0742.